The Labute approximate surface area is 119 Å². The average Bonchev–Trinajstić information content (AvgIpc) is 2.28. The number of benzene rings is 1. The average molecular weight is 262 g/mol. The van der Waals surface area contributed by atoms with Crippen LogP contribution in [0.5, 0.6) is 0 Å². The summed E-state index contributed by atoms with van der Waals surface area (Å²) < 4.78 is 0. The third-order valence-corrected chi connectivity index (χ3v) is 4.03. The Balaban J connectivity index is 2.73. The maximum atomic E-state index is 5.69. The van der Waals surface area contributed by atoms with Crippen molar-refractivity contribution in [3.8, 4) is 0 Å². The van der Waals surface area contributed by atoms with Gasteiger partial charge in [-0.2, -0.15) is 0 Å². The van der Waals surface area contributed by atoms with E-state index in [0.717, 1.165) is 19.5 Å². The van der Waals surface area contributed by atoms with Gasteiger partial charge in [-0.3, -0.25) is 4.90 Å². The highest BCUT2D eigenvalue weighted by molar-refractivity contribution is 5.27. The molecule has 19 heavy (non-hydrogen) atoms. The normalized spacial score (nSPS) is 13.1. The molecule has 0 atom stereocenters. The topological polar surface area (TPSA) is 29.3 Å². The lowest BCUT2D eigenvalue weighted by Gasteiger charge is -2.35. The van der Waals surface area contributed by atoms with E-state index >= 15 is 0 Å². The molecule has 0 aromatic heterocycles. The SMILES string of the molecule is CN(Cc1ccc(C(C)(C)C)cc1)C(C)(C)CCN. The van der Waals surface area contributed by atoms with Crippen molar-refractivity contribution in [1.29, 1.82) is 0 Å². The van der Waals surface area contributed by atoms with Gasteiger partial charge in [0.05, 0.1) is 0 Å². The summed E-state index contributed by atoms with van der Waals surface area (Å²) >= 11 is 0. The van der Waals surface area contributed by atoms with Gasteiger partial charge >= 0.3 is 0 Å². The first kappa shape index (κ1) is 16.2. The van der Waals surface area contributed by atoms with E-state index in [9.17, 15) is 0 Å². The lowest BCUT2D eigenvalue weighted by Crippen LogP contribution is -2.42. The van der Waals surface area contributed by atoms with E-state index in [4.69, 9.17) is 5.73 Å². The summed E-state index contributed by atoms with van der Waals surface area (Å²) in [6.07, 6.45) is 1.02. The highest BCUT2D eigenvalue weighted by Gasteiger charge is 2.22. The highest BCUT2D eigenvalue weighted by atomic mass is 15.2. The van der Waals surface area contributed by atoms with E-state index in [1.807, 2.05) is 0 Å². The van der Waals surface area contributed by atoms with Crippen LogP contribution in [0.1, 0.15) is 52.2 Å². The van der Waals surface area contributed by atoms with Crippen LogP contribution in [-0.4, -0.2) is 24.0 Å². The van der Waals surface area contributed by atoms with Crippen molar-refractivity contribution in [2.75, 3.05) is 13.6 Å². The number of hydrogen-bond donors (Lipinski definition) is 1. The van der Waals surface area contributed by atoms with Crippen LogP contribution in [0.25, 0.3) is 0 Å². The quantitative estimate of drug-likeness (QED) is 0.879. The molecule has 0 fully saturated rings. The standard InChI is InChI=1S/C17H30N2/c1-16(2,3)15-9-7-14(8-10-15)13-19(6)17(4,5)11-12-18/h7-10H,11-13,18H2,1-6H3. The molecule has 0 amide bonds. The van der Waals surface area contributed by atoms with E-state index in [1.165, 1.54) is 11.1 Å². The van der Waals surface area contributed by atoms with Crippen LogP contribution in [0.4, 0.5) is 0 Å². The highest BCUT2D eigenvalue weighted by Crippen LogP contribution is 2.24. The zero-order valence-corrected chi connectivity index (χ0v) is 13.5. The summed E-state index contributed by atoms with van der Waals surface area (Å²) in [5.41, 5.74) is 8.81. The van der Waals surface area contributed by atoms with Crippen molar-refractivity contribution >= 4 is 0 Å². The fraction of sp³-hybridized carbons (Fsp3) is 0.647. The molecule has 0 heterocycles. The molecule has 108 valence electrons. The first-order valence-electron chi connectivity index (χ1n) is 7.17. The molecular weight excluding hydrogens is 232 g/mol. The van der Waals surface area contributed by atoms with Gasteiger partial charge in [-0.1, -0.05) is 45.0 Å². The van der Waals surface area contributed by atoms with Crippen LogP contribution < -0.4 is 5.73 Å². The van der Waals surface area contributed by atoms with Crippen LogP contribution in [0.15, 0.2) is 24.3 Å². The summed E-state index contributed by atoms with van der Waals surface area (Å²) in [5, 5.41) is 0. The van der Waals surface area contributed by atoms with Gasteiger partial charge in [0.1, 0.15) is 0 Å². The summed E-state index contributed by atoms with van der Waals surface area (Å²) in [4.78, 5) is 2.38. The second-order valence-electron chi connectivity index (χ2n) is 7.15. The third kappa shape index (κ3) is 4.63. The molecule has 1 aromatic rings. The molecule has 0 saturated heterocycles. The van der Waals surface area contributed by atoms with E-state index in [0.29, 0.717) is 0 Å². The number of hydrogen-bond acceptors (Lipinski definition) is 2. The molecule has 1 aromatic carbocycles. The van der Waals surface area contributed by atoms with Gasteiger partial charge < -0.3 is 5.73 Å². The molecule has 0 bridgehead atoms. The molecule has 0 spiro atoms. The second kappa shape index (κ2) is 6.06. The van der Waals surface area contributed by atoms with Crippen LogP contribution in [0.2, 0.25) is 0 Å². The van der Waals surface area contributed by atoms with Gasteiger partial charge in [0, 0.05) is 12.1 Å². The Morgan fingerprint density at radius 3 is 1.95 bits per heavy atom. The van der Waals surface area contributed by atoms with Gasteiger partial charge in [-0.15, -0.1) is 0 Å². The molecule has 0 unspecified atom stereocenters. The van der Waals surface area contributed by atoms with Crippen LogP contribution in [0.3, 0.4) is 0 Å². The summed E-state index contributed by atoms with van der Waals surface area (Å²) in [5.74, 6) is 0. The van der Waals surface area contributed by atoms with Crippen LogP contribution in [0, 0.1) is 0 Å². The molecular formula is C17H30N2. The van der Waals surface area contributed by atoms with Crippen molar-refractivity contribution in [3.05, 3.63) is 35.4 Å². The predicted octanol–water partition coefficient (Wildman–Crippen LogP) is 3.54. The molecule has 0 aliphatic carbocycles. The molecule has 1 rings (SSSR count). The molecule has 0 saturated carbocycles. The van der Waals surface area contributed by atoms with Crippen LogP contribution >= 0.6 is 0 Å². The summed E-state index contributed by atoms with van der Waals surface area (Å²) in [6.45, 7) is 13.0. The van der Waals surface area contributed by atoms with Crippen molar-refractivity contribution in [2.24, 2.45) is 5.73 Å². The summed E-state index contributed by atoms with van der Waals surface area (Å²) in [7, 11) is 2.17. The molecule has 2 heteroatoms. The molecule has 0 radical (unpaired) electrons. The van der Waals surface area contributed by atoms with Crippen molar-refractivity contribution in [1.82, 2.24) is 4.90 Å². The fourth-order valence-corrected chi connectivity index (χ4v) is 2.14. The van der Waals surface area contributed by atoms with Crippen molar-refractivity contribution in [3.63, 3.8) is 0 Å². The van der Waals surface area contributed by atoms with Gasteiger partial charge in [0.2, 0.25) is 0 Å². The minimum Gasteiger partial charge on any atom is -0.330 e. The number of rotatable bonds is 5. The molecule has 2 nitrogen and oxygen atoms in total. The predicted molar refractivity (Wildman–Crippen MR) is 84.4 cm³/mol. The van der Waals surface area contributed by atoms with E-state index in [-0.39, 0.29) is 11.0 Å². The van der Waals surface area contributed by atoms with E-state index < -0.39 is 0 Å². The first-order chi connectivity index (χ1) is 8.66. The lowest BCUT2D eigenvalue weighted by atomic mass is 9.86. The summed E-state index contributed by atoms with van der Waals surface area (Å²) in [6, 6.07) is 8.99. The lowest BCUT2D eigenvalue weighted by molar-refractivity contribution is 0.140. The monoisotopic (exact) mass is 262 g/mol. The fourth-order valence-electron chi connectivity index (χ4n) is 2.14. The Morgan fingerprint density at radius 1 is 1.00 bits per heavy atom. The molecule has 0 aliphatic heterocycles. The number of nitrogens with two attached hydrogens (primary N) is 1. The minimum atomic E-state index is 0.150. The third-order valence-electron chi connectivity index (χ3n) is 4.03. The van der Waals surface area contributed by atoms with Gasteiger partial charge in [-0.05, 0) is 50.4 Å². The van der Waals surface area contributed by atoms with Crippen molar-refractivity contribution in [2.45, 2.75) is 58.5 Å². The Hall–Kier alpha value is -0.860. The largest absolute Gasteiger partial charge is 0.330 e. The van der Waals surface area contributed by atoms with Crippen molar-refractivity contribution < 1.29 is 0 Å². The zero-order chi connectivity index (χ0) is 14.7. The zero-order valence-electron chi connectivity index (χ0n) is 13.5. The maximum Gasteiger partial charge on any atom is 0.0236 e. The van der Waals surface area contributed by atoms with Gasteiger partial charge in [-0.25, -0.2) is 0 Å². The smallest absolute Gasteiger partial charge is 0.0236 e. The number of nitrogens with zero attached hydrogens (tertiary/aromatic N) is 1. The molecule has 0 aliphatic rings. The van der Waals surface area contributed by atoms with E-state index in [2.05, 4.69) is 70.8 Å². The van der Waals surface area contributed by atoms with Gasteiger partial charge in [0.25, 0.3) is 0 Å². The maximum absolute atomic E-state index is 5.69. The first-order valence-corrected chi connectivity index (χ1v) is 7.17. The molecule has 2 N–H and O–H groups in total. The van der Waals surface area contributed by atoms with Crippen LogP contribution in [-0.2, 0) is 12.0 Å². The van der Waals surface area contributed by atoms with E-state index in [1.54, 1.807) is 0 Å². The Bertz CT molecular complexity index is 385. The second-order valence-corrected chi connectivity index (χ2v) is 7.15. The Morgan fingerprint density at radius 2 is 1.53 bits per heavy atom. The Kier molecular flexibility index (Phi) is 5.17. The van der Waals surface area contributed by atoms with Gasteiger partial charge in [0.15, 0.2) is 0 Å². The minimum absolute atomic E-state index is 0.150.